The lowest BCUT2D eigenvalue weighted by Gasteiger charge is -2.31. The van der Waals surface area contributed by atoms with Gasteiger partial charge in [0.25, 0.3) is 10.0 Å². The summed E-state index contributed by atoms with van der Waals surface area (Å²) in [4.78, 5) is 3.80. The van der Waals surface area contributed by atoms with Crippen LogP contribution >= 0.6 is 23.2 Å². The quantitative estimate of drug-likeness (QED) is 0.826. The van der Waals surface area contributed by atoms with Crippen LogP contribution in [-0.2, 0) is 10.0 Å². The Balaban J connectivity index is 1.75. The van der Waals surface area contributed by atoms with Gasteiger partial charge in [0.1, 0.15) is 4.90 Å². The van der Waals surface area contributed by atoms with Gasteiger partial charge in [0, 0.05) is 16.4 Å². The van der Waals surface area contributed by atoms with E-state index in [1.807, 2.05) is 12.1 Å². The van der Waals surface area contributed by atoms with Crippen molar-refractivity contribution >= 4 is 44.6 Å². The molecule has 134 valence electrons. The zero-order valence-electron chi connectivity index (χ0n) is 13.8. The molecule has 3 rings (SSSR count). The number of anilines is 2. The van der Waals surface area contributed by atoms with Gasteiger partial charge in [0.15, 0.2) is 0 Å². The zero-order chi connectivity index (χ0) is 18.0. The van der Waals surface area contributed by atoms with Crippen LogP contribution < -0.4 is 14.5 Å². The topological polar surface area (TPSA) is 53.9 Å². The fraction of sp³-hybridized carbons (Fsp3) is 0.294. The van der Waals surface area contributed by atoms with Gasteiger partial charge in [-0.15, -0.1) is 0 Å². The van der Waals surface area contributed by atoms with Gasteiger partial charge in [-0.3, -0.25) is 4.72 Å². The third kappa shape index (κ3) is 4.39. The molecule has 0 atom stereocenters. The Morgan fingerprint density at radius 2 is 1.68 bits per heavy atom. The maximum Gasteiger partial charge on any atom is 0.263 e. The lowest BCUT2D eigenvalue weighted by Crippen LogP contribution is -3.12. The Labute approximate surface area is 158 Å². The predicted octanol–water partition coefficient (Wildman–Crippen LogP) is 2.13. The third-order valence-electron chi connectivity index (χ3n) is 4.28. The molecule has 0 saturated carbocycles. The van der Waals surface area contributed by atoms with Gasteiger partial charge in [-0.2, -0.15) is 0 Å². The molecule has 25 heavy (non-hydrogen) atoms. The van der Waals surface area contributed by atoms with Crippen LogP contribution in [0.3, 0.4) is 0 Å². The SMILES string of the molecule is C[NH+]1CCN(c2ccc(NS(=O)(=O)c3cc(Cl)ccc3Cl)cc2)CC1. The number of benzene rings is 2. The molecular weight excluding hydrogens is 381 g/mol. The minimum absolute atomic E-state index is 0.0345. The smallest absolute Gasteiger partial charge is 0.263 e. The predicted molar refractivity (Wildman–Crippen MR) is 103 cm³/mol. The van der Waals surface area contributed by atoms with Crippen molar-refractivity contribution < 1.29 is 13.3 Å². The second kappa shape index (κ2) is 7.41. The molecule has 2 aromatic carbocycles. The average molecular weight is 401 g/mol. The molecule has 2 aromatic rings. The summed E-state index contributed by atoms with van der Waals surface area (Å²) in [7, 11) is -1.60. The van der Waals surface area contributed by atoms with Crippen molar-refractivity contribution in [2.75, 3.05) is 42.8 Å². The Hall–Kier alpha value is -1.47. The van der Waals surface area contributed by atoms with Gasteiger partial charge >= 0.3 is 0 Å². The molecule has 5 nitrogen and oxygen atoms in total. The first kappa shape index (κ1) is 18.3. The minimum Gasteiger partial charge on any atom is -0.360 e. The van der Waals surface area contributed by atoms with E-state index >= 15 is 0 Å². The van der Waals surface area contributed by atoms with Gasteiger partial charge in [-0.1, -0.05) is 23.2 Å². The van der Waals surface area contributed by atoms with E-state index in [1.54, 1.807) is 18.2 Å². The maximum absolute atomic E-state index is 12.5. The molecule has 1 heterocycles. The molecule has 2 N–H and O–H groups in total. The summed E-state index contributed by atoms with van der Waals surface area (Å²) in [5, 5.41) is 0.450. The molecule has 1 saturated heterocycles. The van der Waals surface area contributed by atoms with Crippen molar-refractivity contribution in [1.82, 2.24) is 0 Å². The molecule has 0 spiro atoms. The van der Waals surface area contributed by atoms with E-state index in [0.29, 0.717) is 10.7 Å². The fourth-order valence-corrected chi connectivity index (χ4v) is 4.60. The summed E-state index contributed by atoms with van der Waals surface area (Å²) in [5.74, 6) is 0. The first-order valence-corrected chi connectivity index (χ1v) is 10.2. The highest BCUT2D eigenvalue weighted by molar-refractivity contribution is 7.92. The van der Waals surface area contributed by atoms with Crippen molar-refractivity contribution in [3.63, 3.8) is 0 Å². The number of nitrogens with zero attached hydrogens (tertiary/aromatic N) is 1. The Bertz CT molecular complexity index is 849. The molecule has 1 aliphatic rings. The summed E-state index contributed by atoms with van der Waals surface area (Å²) in [5.41, 5.74) is 1.58. The van der Waals surface area contributed by atoms with Crippen LogP contribution in [-0.4, -0.2) is 41.6 Å². The van der Waals surface area contributed by atoms with E-state index < -0.39 is 10.0 Å². The summed E-state index contributed by atoms with van der Waals surface area (Å²) < 4.78 is 27.6. The Morgan fingerprint density at radius 3 is 2.32 bits per heavy atom. The molecule has 0 unspecified atom stereocenters. The normalized spacial score (nSPS) is 16.0. The van der Waals surface area contributed by atoms with E-state index in [1.165, 1.54) is 17.0 Å². The Morgan fingerprint density at radius 1 is 1.04 bits per heavy atom. The van der Waals surface area contributed by atoms with Crippen molar-refractivity contribution in [2.24, 2.45) is 0 Å². The molecule has 0 aliphatic carbocycles. The average Bonchev–Trinajstić information content (AvgIpc) is 2.58. The van der Waals surface area contributed by atoms with Crippen molar-refractivity contribution in [3.05, 3.63) is 52.5 Å². The molecule has 8 heteroatoms. The van der Waals surface area contributed by atoms with Gasteiger partial charge < -0.3 is 9.80 Å². The van der Waals surface area contributed by atoms with Crippen molar-refractivity contribution in [1.29, 1.82) is 0 Å². The number of sulfonamides is 1. The van der Waals surface area contributed by atoms with Crippen LogP contribution in [0.15, 0.2) is 47.4 Å². The number of piperazine rings is 1. The van der Waals surface area contributed by atoms with E-state index in [0.717, 1.165) is 31.9 Å². The number of hydrogen-bond acceptors (Lipinski definition) is 3. The van der Waals surface area contributed by atoms with E-state index in [9.17, 15) is 8.42 Å². The third-order valence-corrected chi connectivity index (χ3v) is 6.38. The van der Waals surface area contributed by atoms with Crippen molar-refractivity contribution in [3.8, 4) is 0 Å². The highest BCUT2D eigenvalue weighted by Gasteiger charge is 2.20. The highest BCUT2D eigenvalue weighted by Crippen LogP contribution is 2.27. The van der Waals surface area contributed by atoms with Crippen LogP contribution in [0.25, 0.3) is 0 Å². The van der Waals surface area contributed by atoms with E-state index in [2.05, 4.69) is 16.7 Å². The molecular formula is C17H20Cl2N3O2S+. The second-order valence-corrected chi connectivity index (χ2v) is 8.67. The molecule has 1 fully saturated rings. The van der Waals surface area contributed by atoms with Crippen LogP contribution in [0.5, 0.6) is 0 Å². The second-order valence-electron chi connectivity index (χ2n) is 6.17. The lowest BCUT2D eigenvalue weighted by atomic mass is 10.2. The standard InChI is InChI=1S/C17H19Cl2N3O2S/c1-21-8-10-22(11-9-21)15-5-3-14(4-6-15)20-25(23,24)17-12-13(18)2-7-16(17)19/h2-7,12,20H,8-11H2,1H3/p+1. The molecule has 0 aromatic heterocycles. The highest BCUT2D eigenvalue weighted by atomic mass is 35.5. The number of rotatable bonds is 4. The van der Waals surface area contributed by atoms with Crippen molar-refractivity contribution in [2.45, 2.75) is 4.90 Å². The van der Waals surface area contributed by atoms with Crippen LogP contribution in [0.4, 0.5) is 11.4 Å². The fourth-order valence-electron chi connectivity index (χ4n) is 2.78. The zero-order valence-corrected chi connectivity index (χ0v) is 16.1. The largest absolute Gasteiger partial charge is 0.360 e. The molecule has 0 amide bonds. The lowest BCUT2D eigenvalue weighted by molar-refractivity contribution is -0.880. The van der Waals surface area contributed by atoms with Crippen LogP contribution in [0.1, 0.15) is 0 Å². The van der Waals surface area contributed by atoms with Gasteiger partial charge in [0.05, 0.1) is 38.2 Å². The number of halogens is 2. The van der Waals surface area contributed by atoms with E-state index in [-0.39, 0.29) is 9.92 Å². The molecule has 0 radical (unpaired) electrons. The van der Waals surface area contributed by atoms with Gasteiger partial charge in [-0.25, -0.2) is 8.42 Å². The molecule has 0 bridgehead atoms. The minimum atomic E-state index is -3.79. The maximum atomic E-state index is 12.5. The number of nitrogens with one attached hydrogen (secondary N) is 2. The summed E-state index contributed by atoms with van der Waals surface area (Å²) >= 11 is 11.9. The van der Waals surface area contributed by atoms with Crippen LogP contribution in [0.2, 0.25) is 10.0 Å². The van der Waals surface area contributed by atoms with Crippen LogP contribution in [0, 0.1) is 0 Å². The summed E-state index contributed by atoms with van der Waals surface area (Å²) in [6.45, 7) is 4.19. The monoisotopic (exact) mass is 400 g/mol. The van der Waals surface area contributed by atoms with E-state index in [4.69, 9.17) is 23.2 Å². The Kier molecular flexibility index (Phi) is 5.43. The number of hydrogen-bond donors (Lipinski definition) is 2. The molecule has 1 aliphatic heterocycles. The van der Waals surface area contributed by atoms with Gasteiger partial charge in [-0.05, 0) is 42.5 Å². The first-order chi connectivity index (χ1) is 11.8. The summed E-state index contributed by atoms with van der Waals surface area (Å²) in [6, 6.07) is 11.7. The number of quaternary nitrogens is 1. The first-order valence-electron chi connectivity index (χ1n) is 7.99. The number of likely N-dealkylation sites (N-methyl/N-ethyl adjacent to an activating group) is 1. The van der Waals surface area contributed by atoms with Gasteiger partial charge in [0.2, 0.25) is 0 Å². The summed E-state index contributed by atoms with van der Waals surface area (Å²) in [6.07, 6.45) is 0.